The first-order valence-corrected chi connectivity index (χ1v) is 5.93. The van der Waals surface area contributed by atoms with Gasteiger partial charge in [-0.2, -0.15) is 0 Å². The molecule has 0 aliphatic heterocycles. The van der Waals surface area contributed by atoms with E-state index in [-0.39, 0.29) is 0 Å². The fraction of sp³-hybridized carbons (Fsp3) is 0.615. The highest BCUT2D eigenvalue weighted by molar-refractivity contribution is 5.52. The Labute approximate surface area is 97.4 Å². The van der Waals surface area contributed by atoms with E-state index in [4.69, 9.17) is 4.74 Å². The molecule has 88 valence electrons. The SMILES string of the molecule is CC(C)c1ccc(OC2CC2)c(N(C)C)n1. The summed E-state index contributed by atoms with van der Waals surface area (Å²) >= 11 is 0. The maximum atomic E-state index is 5.85. The van der Waals surface area contributed by atoms with Gasteiger partial charge in [0.25, 0.3) is 0 Å². The summed E-state index contributed by atoms with van der Waals surface area (Å²) < 4.78 is 5.85. The molecule has 0 aromatic carbocycles. The maximum absolute atomic E-state index is 5.85. The topological polar surface area (TPSA) is 25.4 Å². The predicted molar refractivity (Wildman–Crippen MR) is 66.3 cm³/mol. The molecular formula is C13H20N2O. The number of ether oxygens (including phenoxy) is 1. The number of hydrogen-bond donors (Lipinski definition) is 0. The summed E-state index contributed by atoms with van der Waals surface area (Å²) in [6.45, 7) is 4.31. The van der Waals surface area contributed by atoms with Gasteiger partial charge in [-0.25, -0.2) is 4.98 Å². The lowest BCUT2D eigenvalue weighted by Gasteiger charge is -2.18. The molecule has 2 rings (SSSR count). The molecule has 0 spiro atoms. The molecule has 0 atom stereocenters. The Morgan fingerprint density at radius 1 is 1.31 bits per heavy atom. The highest BCUT2D eigenvalue weighted by Gasteiger charge is 2.25. The molecular weight excluding hydrogens is 200 g/mol. The van der Waals surface area contributed by atoms with Crippen molar-refractivity contribution in [2.45, 2.75) is 38.7 Å². The van der Waals surface area contributed by atoms with Crippen molar-refractivity contribution in [1.29, 1.82) is 0 Å². The molecule has 0 bridgehead atoms. The number of pyridine rings is 1. The predicted octanol–water partition coefficient (Wildman–Crippen LogP) is 2.81. The molecule has 0 radical (unpaired) electrons. The van der Waals surface area contributed by atoms with Crippen LogP contribution in [0.4, 0.5) is 5.82 Å². The van der Waals surface area contributed by atoms with Crippen LogP contribution in [0.5, 0.6) is 5.75 Å². The molecule has 0 saturated heterocycles. The standard InChI is InChI=1S/C13H20N2O/c1-9(2)11-7-8-12(16-10-5-6-10)13(14-11)15(3)4/h7-10H,5-6H2,1-4H3. The number of anilines is 1. The second kappa shape index (κ2) is 4.32. The van der Waals surface area contributed by atoms with Crippen LogP contribution in [0.3, 0.4) is 0 Å². The number of nitrogens with zero attached hydrogens (tertiary/aromatic N) is 2. The molecule has 1 fully saturated rings. The molecule has 3 heteroatoms. The van der Waals surface area contributed by atoms with Gasteiger partial charge in [-0.15, -0.1) is 0 Å². The van der Waals surface area contributed by atoms with E-state index in [2.05, 4.69) is 31.0 Å². The van der Waals surface area contributed by atoms with Crippen molar-refractivity contribution < 1.29 is 4.74 Å². The smallest absolute Gasteiger partial charge is 0.171 e. The zero-order valence-corrected chi connectivity index (χ0v) is 10.5. The average molecular weight is 220 g/mol. The van der Waals surface area contributed by atoms with Crippen LogP contribution in [0, 0.1) is 0 Å². The lowest BCUT2D eigenvalue weighted by atomic mass is 10.1. The van der Waals surface area contributed by atoms with Gasteiger partial charge in [0.05, 0.1) is 6.10 Å². The van der Waals surface area contributed by atoms with E-state index in [9.17, 15) is 0 Å². The third kappa shape index (κ3) is 2.46. The van der Waals surface area contributed by atoms with E-state index >= 15 is 0 Å². The molecule has 1 heterocycles. The van der Waals surface area contributed by atoms with E-state index in [1.807, 2.05) is 19.0 Å². The summed E-state index contributed by atoms with van der Waals surface area (Å²) in [5.74, 6) is 2.31. The molecule has 1 saturated carbocycles. The fourth-order valence-electron chi connectivity index (χ4n) is 1.55. The van der Waals surface area contributed by atoms with E-state index in [0.717, 1.165) is 17.3 Å². The summed E-state index contributed by atoms with van der Waals surface area (Å²) in [6, 6.07) is 4.12. The van der Waals surface area contributed by atoms with Crippen molar-refractivity contribution in [1.82, 2.24) is 4.98 Å². The first-order chi connectivity index (χ1) is 7.58. The summed E-state index contributed by atoms with van der Waals surface area (Å²) in [6.07, 6.45) is 2.78. The lowest BCUT2D eigenvalue weighted by Crippen LogP contribution is -2.14. The number of rotatable bonds is 4. The van der Waals surface area contributed by atoms with Crippen molar-refractivity contribution in [3.8, 4) is 5.75 Å². The van der Waals surface area contributed by atoms with Gasteiger partial charge in [-0.3, -0.25) is 0 Å². The van der Waals surface area contributed by atoms with E-state index in [0.29, 0.717) is 12.0 Å². The summed E-state index contributed by atoms with van der Waals surface area (Å²) in [5, 5.41) is 0. The van der Waals surface area contributed by atoms with Crippen molar-refractivity contribution in [2.75, 3.05) is 19.0 Å². The Hall–Kier alpha value is -1.25. The highest BCUT2D eigenvalue weighted by atomic mass is 16.5. The second-order valence-corrected chi connectivity index (χ2v) is 4.92. The first kappa shape index (κ1) is 11.2. The van der Waals surface area contributed by atoms with Gasteiger partial charge in [0.1, 0.15) is 0 Å². The maximum Gasteiger partial charge on any atom is 0.171 e. The fourth-order valence-corrected chi connectivity index (χ4v) is 1.55. The molecule has 3 nitrogen and oxygen atoms in total. The zero-order valence-electron chi connectivity index (χ0n) is 10.5. The molecule has 0 amide bonds. The molecule has 0 unspecified atom stereocenters. The molecule has 1 aliphatic carbocycles. The van der Waals surface area contributed by atoms with Gasteiger partial charge in [-0.05, 0) is 30.9 Å². The molecule has 1 aromatic heterocycles. The Morgan fingerprint density at radius 2 is 2.00 bits per heavy atom. The second-order valence-electron chi connectivity index (χ2n) is 4.92. The summed E-state index contributed by atoms with van der Waals surface area (Å²) in [4.78, 5) is 6.67. The third-order valence-electron chi connectivity index (χ3n) is 2.69. The van der Waals surface area contributed by atoms with Crippen LogP contribution in [0.1, 0.15) is 38.3 Å². The van der Waals surface area contributed by atoms with Crippen LogP contribution in [0.2, 0.25) is 0 Å². The van der Waals surface area contributed by atoms with Crippen LogP contribution in [-0.2, 0) is 0 Å². The van der Waals surface area contributed by atoms with Gasteiger partial charge in [0, 0.05) is 19.8 Å². The van der Waals surface area contributed by atoms with Crippen LogP contribution >= 0.6 is 0 Å². The minimum atomic E-state index is 0.422. The monoisotopic (exact) mass is 220 g/mol. The third-order valence-corrected chi connectivity index (χ3v) is 2.69. The Kier molecular flexibility index (Phi) is 3.03. The van der Waals surface area contributed by atoms with Gasteiger partial charge in [-0.1, -0.05) is 13.8 Å². The largest absolute Gasteiger partial charge is 0.487 e. The minimum absolute atomic E-state index is 0.422. The Morgan fingerprint density at radius 3 is 2.50 bits per heavy atom. The van der Waals surface area contributed by atoms with Gasteiger partial charge in [0.2, 0.25) is 0 Å². The molecule has 1 aliphatic rings. The lowest BCUT2D eigenvalue weighted by molar-refractivity contribution is 0.302. The van der Waals surface area contributed by atoms with Crippen molar-refractivity contribution in [3.63, 3.8) is 0 Å². The first-order valence-electron chi connectivity index (χ1n) is 5.93. The number of aromatic nitrogens is 1. The number of hydrogen-bond acceptors (Lipinski definition) is 3. The van der Waals surface area contributed by atoms with Gasteiger partial charge in [0.15, 0.2) is 11.6 Å². The summed E-state index contributed by atoms with van der Waals surface area (Å²) in [7, 11) is 4.01. The Bertz CT molecular complexity index is 370. The van der Waals surface area contributed by atoms with Crippen molar-refractivity contribution >= 4 is 5.82 Å². The van der Waals surface area contributed by atoms with Gasteiger partial charge < -0.3 is 9.64 Å². The van der Waals surface area contributed by atoms with E-state index < -0.39 is 0 Å². The van der Waals surface area contributed by atoms with Crippen molar-refractivity contribution in [2.24, 2.45) is 0 Å². The van der Waals surface area contributed by atoms with E-state index in [1.54, 1.807) is 0 Å². The van der Waals surface area contributed by atoms with Crippen LogP contribution in [0.25, 0.3) is 0 Å². The van der Waals surface area contributed by atoms with Crippen LogP contribution < -0.4 is 9.64 Å². The zero-order chi connectivity index (χ0) is 11.7. The van der Waals surface area contributed by atoms with Crippen molar-refractivity contribution in [3.05, 3.63) is 17.8 Å². The minimum Gasteiger partial charge on any atom is -0.487 e. The van der Waals surface area contributed by atoms with E-state index in [1.165, 1.54) is 12.8 Å². The van der Waals surface area contributed by atoms with Crippen LogP contribution in [-0.4, -0.2) is 25.2 Å². The quantitative estimate of drug-likeness (QED) is 0.780. The molecule has 16 heavy (non-hydrogen) atoms. The summed E-state index contributed by atoms with van der Waals surface area (Å²) in [5.41, 5.74) is 1.12. The Balaban J connectivity index is 2.28. The molecule has 1 aromatic rings. The van der Waals surface area contributed by atoms with Crippen LogP contribution in [0.15, 0.2) is 12.1 Å². The normalized spacial score (nSPS) is 15.3. The average Bonchev–Trinajstić information content (AvgIpc) is 3.01. The highest BCUT2D eigenvalue weighted by Crippen LogP contribution is 2.33. The molecule has 0 N–H and O–H groups in total. The van der Waals surface area contributed by atoms with Gasteiger partial charge >= 0.3 is 0 Å².